The van der Waals surface area contributed by atoms with Crippen molar-refractivity contribution >= 4 is 23.1 Å². The summed E-state index contributed by atoms with van der Waals surface area (Å²) in [4.78, 5) is 26.9. The van der Waals surface area contributed by atoms with Gasteiger partial charge in [-0.15, -0.1) is 19.8 Å². The van der Waals surface area contributed by atoms with Crippen molar-refractivity contribution < 1.29 is 27.5 Å². The SMILES string of the molecule is C=CCN1C(=O)C(Nc2ccc(OC(F)(F)F)cc2)=C(c2ccc(C)cc2C)C1=O. The van der Waals surface area contributed by atoms with Crippen LogP contribution in [0.1, 0.15) is 16.7 Å². The highest BCUT2D eigenvalue weighted by molar-refractivity contribution is 6.36. The van der Waals surface area contributed by atoms with E-state index in [0.29, 0.717) is 11.3 Å². The number of rotatable bonds is 6. The summed E-state index contributed by atoms with van der Waals surface area (Å²) in [5.74, 6) is -1.39. The van der Waals surface area contributed by atoms with Gasteiger partial charge in [-0.2, -0.15) is 0 Å². The summed E-state index contributed by atoms with van der Waals surface area (Å²) in [5, 5.41) is 2.89. The predicted molar refractivity (Wildman–Crippen MR) is 107 cm³/mol. The van der Waals surface area contributed by atoms with Crippen LogP contribution in [0.15, 0.2) is 60.8 Å². The van der Waals surface area contributed by atoms with Gasteiger partial charge in [-0.3, -0.25) is 14.5 Å². The van der Waals surface area contributed by atoms with Gasteiger partial charge in [-0.25, -0.2) is 0 Å². The van der Waals surface area contributed by atoms with E-state index in [9.17, 15) is 22.8 Å². The second-order valence-electron chi connectivity index (χ2n) is 6.78. The maximum absolute atomic E-state index is 13.0. The van der Waals surface area contributed by atoms with E-state index < -0.39 is 23.9 Å². The van der Waals surface area contributed by atoms with Crippen LogP contribution in [0.25, 0.3) is 5.57 Å². The molecule has 1 aliphatic heterocycles. The van der Waals surface area contributed by atoms with Gasteiger partial charge in [0.25, 0.3) is 11.8 Å². The van der Waals surface area contributed by atoms with E-state index in [1.165, 1.54) is 18.2 Å². The molecule has 2 amide bonds. The van der Waals surface area contributed by atoms with Crippen molar-refractivity contribution in [1.29, 1.82) is 0 Å². The number of benzene rings is 2. The Kier molecular flexibility index (Phi) is 5.69. The molecule has 1 aliphatic rings. The summed E-state index contributed by atoms with van der Waals surface area (Å²) in [6.07, 6.45) is -3.35. The molecular weight excluding hydrogens is 397 g/mol. The lowest BCUT2D eigenvalue weighted by Gasteiger charge is -2.13. The van der Waals surface area contributed by atoms with Crippen molar-refractivity contribution in [3.05, 3.63) is 77.5 Å². The van der Waals surface area contributed by atoms with E-state index >= 15 is 0 Å². The molecule has 0 aromatic heterocycles. The molecule has 0 unspecified atom stereocenters. The normalized spacial score (nSPS) is 14.4. The first-order valence-corrected chi connectivity index (χ1v) is 9.02. The Labute approximate surface area is 171 Å². The number of alkyl halides is 3. The van der Waals surface area contributed by atoms with E-state index in [1.807, 2.05) is 26.0 Å². The fourth-order valence-corrected chi connectivity index (χ4v) is 3.22. The van der Waals surface area contributed by atoms with Crippen LogP contribution >= 0.6 is 0 Å². The fraction of sp³-hybridized carbons (Fsp3) is 0.182. The molecule has 1 N–H and O–H groups in total. The summed E-state index contributed by atoms with van der Waals surface area (Å²) >= 11 is 0. The van der Waals surface area contributed by atoms with Crippen LogP contribution < -0.4 is 10.1 Å². The predicted octanol–water partition coefficient (Wildman–Crippen LogP) is 4.58. The molecule has 0 radical (unpaired) electrons. The lowest BCUT2D eigenvalue weighted by molar-refractivity contribution is -0.274. The zero-order valence-corrected chi connectivity index (χ0v) is 16.3. The number of imide groups is 1. The Morgan fingerprint density at radius 1 is 1.07 bits per heavy atom. The number of nitrogens with zero attached hydrogens (tertiary/aromatic N) is 1. The number of aryl methyl sites for hydroxylation is 2. The average molecular weight is 416 g/mol. The minimum atomic E-state index is -4.80. The third kappa shape index (κ3) is 4.37. The highest BCUT2D eigenvalue weighted by Crippen LogP contribution is 2.33. The van der Waals surface area contributed by atoms with Gasteiger partial charge in [0.1, 0.15) is 11.4 Å². The number of ether oxygens (including phenoxy) is 1. The molecule has 0 bridgehead atoms. The molecule has 0 spiro atoms. The topological polar surface area (TPSA) is 58.6 Å². The summed E-state index contributed by atoms with van der Waals surface area (Å²) in [6.45, 7) is 7.37. The number of amides is 2. The summed E-state index contributed by atoms with van der Waals surface area (Å²) < 4.78 is 40.9. The lowest BCUT2D eigenvalue weighted by atomic mass is 9.97. The van der Waals surface area contributed by atoms with E-state index in [4.69, 9.17) is 0 Å². The van der Waals surface area contributed by atoms with Crippen LogP contribution in [0.5, 0.6) is 5.75 Å². The van der Waals surface area contributed by atoms with Crippen molar-refractivity contribution in [2.75, 3.05) is 11.9 Å². The summed E-state index contributed by atoms with van der Waals surface area (Å²) in [7, 11) is 0. The zero-order valence-electron chi connectivity index (χ0n) is 16.3. The second kappa shape index (κ2) is 8.06. The van der Waals surface area contributed by atoms with Crippen LogP contribution in [0.2, 0.25) is 0 Å². The number of carbonyl (C=O) groups excluding carboxylic acids is 2. The summed E-state index contributed by atoms with van der Waals surface area (Å²) in [6, 6.07) is 10.4. The molecule has 0 aliphatic carbocycles. The van der Waals surface area contributed by atoms with Gasteiger partial charge in [-0.1, -0.05) is 29.8 Å². The molecule has 156 valence electrons. The average Bonchev–Trinajstić information content (AvgIpc) is 2.87. The van der Waals surface area contributed by atoms with Gasteiger partial charge < -0.3 is 10.1 Å². The first-order valence-electron chi connectivity index (χ1n) is 9.02. The first kappa shape index (κ1) is 21.2. The van der Waals surface area contributed by atoms with Gasteiger partial charge in [0.15, 0.2) is 0 Å². The van der Waals surface area contributed by atoms with Crippen molar-refractivity contribution in [3.8, 4) is 5.75 Å². The smallest absolute Gasteiger partial charge is 0.406 e. The first-order chi connectivity index (χ1) is 14.1. The molecular formula is C22H19F3N2O3. The number of halogens is 3. The Bertz CT molecular complexity index is 1040. The Hall–Kier alpha value is -3.55. The standard InChI is InChI=1S/C22H19F3N2O3/c1-4-11-27-20(28)18(17-10-5-13(2)12-14(17)3)19(21(27)29)26-15-6-8-16(9-7-15)30-22(23,24)25/h4-10,12,26H,1,11H2,2-3H3. The van der Waals surface area contributed by atoms with Crippen LogP contribution in [0, 0.1) is 13.8 Å². The van der Waals surface area contributed by atoms with Crippen molar-refractivity contribution in [3.63, 3.8) is 0 Å². The minimum absolute atomic E-state index is 0.0373. The molecule has 0 fully saturated rings. The molecule has 5 nitrogen and oxygen atoms in total. The molecule has 1 heterocycles. The van der Waals surface area contributed by atoms with Gasteiger partial charge in [0.05, 0.1) is 5.57 Å². The van der Waals surface area contributed by atoms with Gasteiger partial charge >= 0.3 is 6.36 Å². The number of anilines is 1. The summed E-state index contributed by atoms with van der Waals surface area (Å²) in [5.41, 5.74) is 3.02. The molecule has 2 aromatic carbocycles. The van der Waals surface area contributed by atoms with Crippen LogP contribution in [0.3, 0.4) is 0 Å². The van der Waals surface area contributed by atoms with E-state index in [-0.39, 0.29) is 17.8 Å². The van der Waals surface area contributed by atoms with Crippen LogP contribution in [0.4, 0.5) is 18.9 Å². The van der Waals surface area contributed by atoms with Gasteiger partial charge in [0, 0.05) is 12.2 Å². The quantitative estimate of drug-likeness (QED) is 0.553. The Morgan fingerprint density at radius 2 is 1.73 bits per heavy atom. The molecule has 0 saturated carbocycles. The second-order valence-corrected chi connectivity index (χ2v) is 6.78. The highest BCUT2D eigenvalue weighted by Gasteiger charge is 2.39. The van der Waals surface area contributed by atoms with E-state index in [1.54, 1.807) is 6.07 Å². The minimum Gasteiger partial charge on any atom is -0.406 e. The third-order valence-corrected chi connectivity index (χ3v) is 4.49. The van der Waals surface area contributed by atoms with Crippen molar-refractivity contribution in [2.45, 2.75) is 20.2 Å². The third-order valence-electron chi connectivity index (χ3n) is 4.49. The monoisotopic (exact) mass is 416 g/mol. The largest absolute Gasteiger partial charge is 0.573 e. The van der Waals surface area contributed by atoms with E-state index in [2.05, 4.69) is 16.6 Å². The van der Waals surface area contributed by atoms with Gasteiger partial charge in [-0.05, 0) is 49.2 Å². The molecule has 0 atom stereocenters. The maximum atomic E-state index is 13.0. The lowest BCUT2D eigenvalue weighted by Crippen LogP contribution is -2.32. The molecule has 0 saturated heterocycles. The van der Waals surface area contributed by atoms with E-state index in [0.717, 1.165) is 28.2 Å². The molecule has 8 heteroatoms. The zero-order chi connectivity index (χ0) is 22.1. The fourth-order valence-electron chi connectivity index (χ4n) is 3.22. The number of hydrogen-bond donors (Lipinski definition) is 1. The Balaban J connectivity index is 2.00. The maximum Gasteiger partial charge on any atom is 0.573 e. The number of carbonyl (C=O) groups is 2. The molecule has 30 heavy (non-hydrogen) atoms. The highest BCUT2D eigenvalue weighted by atomic mass is 19.4. The molecule has 2 aromatic rings. The van der Waals surface area contributed by atoms with Crippen molar-refractivity contribution in [1.82, 2.24) is 4.90 Å². The Morgan fingerprint density at radius 3 is 2.30 bits per heavy atom. The van der Waals surface area contributed by atoms with Gasteiger partial charge in [0.2, 0.25) is 0 Å². The van der Waals surface area contributed by atoms with Crippen molar-refractivity contribution in [2.24, 2.45) is 0 Å². The number of hydrogen-bond acceptors (Lipinski definition) is 4. The van der Waals surface area contributed by atoms with Crippen LogP contribution in [-0.2, 0) is 9.59 Å². The van der Waals surface area contributed by atoms with Crippen LogP contribution in [-0.4, -0.2) is 29.6 Å². The molecule has 3 rings (SSSR count). The number of nitrogens with one attached hydrogen (secondary N) is 1.